The number of carbonyl (C=O) groups is 1. The monoisotopic (exact) mass is 335 g/mol. The maximum atomic E-state index is 11.8. The number of pyridine rings is 1. The number of rotatable bonds is 4. The summed E-state index contributed by atoms with van der Waals surface area (Å²) in [5.41, 5.74) is 7.09. The summed E-state index contributed by atoms with van der Waals surface area (Å²) in [6.07, 6.45) is 1.63. The number of anilines is 2. The van der Waals surface area contributed by atoms with Crippen LogP contribution in [-0.4, -0.2) is 17.5 Å². The Hall–Kier alpha value is -2.08. The minimum atomic E-state index is -0.264. The van der Waals surface area contributed by atoms with E-state index in [1.165, 1.54) is 0 Å². The number of nitrogens with two attached hydrogens (primary N) is 1. The zero-order valence-corrected chi connectivity index (χ0v) is 12.5. The largest absolute Gasteiger partial charge is 0.484 e. The first kappa shape index (κ1) is 14.3. The summed E-state index contributed by atoms with van der Waals surface area (Å²) >= 11 is 3.32. The van der Waals surface area contributed by atoms with E-state index >= 15 is 0 Å². The second-order valence-electron chi connectivity index (χ2n) is 4.22. The van der Waals surface area contributed by atoms with Crippen LogP contribution in [0.15, 0.2) is 41.0 Å². The van der Waals surface area contributed by atoms with Crippen LogP contribution < -0.4 is 15.8 Å². The van der Waals surface area contributed by atoms with E-state index in [1.54, 1.807) is 30.5 Å². The topological polar surface area (TPSA) is 77.2 Å². The summed E-state index contributed by atoms with van der Waals surface area (Å²) in [7, 11) is 0. The summed E-state index contributed by atoms with van der Waals surface area (Å²) in [5, 5.41) is 2.70. The zero-order chi connectivity index (χ0) is 14.5. The summed E-state index contributed by atoms with van der Waals surface area (Å²) in [4.78, 5) is 15.9. The van der Waals surface area contributed by atoms with Crippen LogP contribution in [0.25, 0.3) is 0 Å². The maximum absolute atomic E-state index is 11.8. The first-order valence-electron chi connectivity index (χ1n) is 5.95. The standard InChI is InChI=1S/C14H14BrN3O2/c1-9-6-10(15)7-17-14(9)18-13(19)8-20-12-4-2-11(16)3-5-12/h2-7H,8,16H2,1H3,(H,17,18,19). The van der Waals surface area contributed by atoms with E-state index < -0.39 is 0 Å². The number of ether oxygens (including phenoxy) is 1. The molecule has 0 aliphatic carbocycles. The Bertz CT molecular complexity index is 614. The SMILES string of the molecule is Cc1cc(Br)cnc1NC(=O)COc1ccc(N)cc1. The molecule has 0 unspecified atom stereocenters. The van der Waals surface area contributed by atoms with Crippen molar-refractivity contribution in [2.24, 2.45) is 0 Å². The number of carbonyl (C=O) groups excluding carboxylic acids is 1. The lowest BCUT2D eigenvalue weighted by molar-refractivity contribution is -0.118. The number of nitrogens with zero attached hydrogens (tertiary/aromatic N) is 1. The van der Waals surface area contributed by atoms with Gasteiger partial charge in [0.1, 0.15) is 11.6 Å². The van der Waals surface area contributed by atoms with Crippen molar-refractivity contribution in [2.75, 3.05) is 17.7 Å². The highest BCUT2D eigenvalue weighted by Gasteiger charge is 2.07. The van der Waals surface area contributed by atoms with Gasteiger partial charge in [0.25, 0.3) is 5.91 Å². The number of benzene rings is 1. The molecule has 0 aliphatic rings. The van der Waals surface area contributed by atoms with Gasteiger partial charge in [-0.05, 0) is 58.7 Å². The number of halogens is 1. The molecule has 2 rings (SSSR count). The number of aryl methyl sites for hydroxylation is 1. The quantitative estimate of drug-likeness (QED) is 0.842. The van der Waals surface area contributed by atoms with Gasteiger partial charge in [-0.25, -0.2) is 4.98 Å². The molecule has 0 radical (unpaired) electrons. The van der Waals surface area contributed by atoms with Crippen LogP contribution in [0.1, 0.15) is 5.56 Å². The van der Waals surface area contributed by atoms with Crippen LogP contribution in [0.4, 0.5) is 11.5 Å². The molecule has 0 atom stereocenters. The summed E-state index contributed by atoms with van der Waals surface area (Å²) in [6.45, 7) is 1.79. The number of nitrogen functional groups attached to an aromatic ring is 1. The van der Waals surface area contributed by atoms with Gasteiger partial charge < -0.3 is 15.8 Å². The van der Waals surface area contributed by atoms with Crippen molar-refractivity contribution in [2.45, 2.75) is 6.92 Å². The van der Waals surface area contributed by atoms with Gasteiger partial charge in [0.2, 0.25) is 0 Å². The number of aromatic nitrogens is 1. The molecule has 0 aliphatic heterocycles. The number of nitrogens with one attached hydrogen (secondary N) is 1. The van der Waals surface area contributed by atoms with Gasteiger partial charge >= 0.3 is 0 Å². The minimum absolute atomic E-state index is 0.0822. The molecule has 1 aromatic heterocycles. The Morgan fingerprint density at radius 1 is 1.40 bits per heavy atom. The third-order valence-electron chi connectivity index (χ3n) is 2.55. The fourth-order valence-corrected chi connectivity index (χ4v) is 2.00. The highest BCUT2D eigenvalue weighted by Crippen LogP contribution is 2.17. The van der Waals surface area contributed by atoms with Crippen LogP contribution in [0.2, 0.25) is 0 Å². The molecule has 20 heavy (non-hydrogen) atoms. The fraction of sp³-hybridized carbons (Fsp3) is 0.143. The van der Waals surface area contributed by atoms with Gasteiger partial charge in [-0.3, -0.25) is 4.79 Å². The van der Waals surface area contributed by atoms with E-state index in [0.29, 0.717) is 17.3 Å². The normalized spacial score (nSPS) is 10.1. The van der Waals surface area contributed by atoms with Crippen molar-refractivity contribution >= 4 is 33.3 Å². The van der Waals surface area contributed by atoms with Crippen molar-refractivity contribution in [3.63, 3.8) is 0 Å². The van der Waals surface area contributed by atoms with E-state index in [2.05, 4.69) is 26.2 Å². The van der Waals surface area contributed by atoms with E-state index in [-0.39, 0.29) is 12.5 Å². The maximum Gasteiger partial charge on any atom is 0.263 e. The van der Waals surface area contributed by atoms with Crippen LogP contribution in [-0.2, 0) is 4.79 Å². The van der Waals surface area contributed by atoms with E-state index in [9.17, 15) is 4.79 Å². The Kier molecular flexibility index (Phi) is 4.57. The Labute approximate surface area is 125 Å². The molecule has 5 nitrogen and oxygen atoms in total. The molecular weight excluding hydrogens is 322 g/mol. The van der Waals surface area contributed by atoms with Gasteiger partial charge in [0, 0.05) is 16.4 Å². The highest BCUT2D eigenvalue weighted by atomic mass is 79.9. The van der Waals surface area contributed by atoms with Crippen molar-refractivity contribution < 1.29 is 9.53 Å². The number of amides is 1. The zero-order valence-electron chi connectivity index (χ0n) is 10.9. The molecule has 0 bridgehead atoms. The predicted octanol–water partition coefficient (Wildman–Crippen LogP) is 2.75. The van der Waals surface area contributed by atoms with Gasteiger partial charge in [0.05, 0.1) is 0 Å². The van der Waals surface area contributed by atoms with Crippen molar-refractivity contribution in [3.05, 3.63) is 46.6 Å². The van der Waals surface area contributed by atoms with Gasteiger partial charge in [-0.15, -0.1) is 0 Å². The first-order valence-corrected chi connectivity index (χ1v) is 6.74. The van der Waals surface area contributed by atoms with E-state index in [4.69, 9.17) is 10.5 Å². The molecule has 0 saturated heterocycles. The molecule has 1 amide bonds. The lowest BCUT2D eigenvalue weighted by Crippen LogP contribution is -2.21. The summed E-state index contributed by atoms with van der Waals surface area (Å²) < 4.78 is 6.22. The number of hydrogen-bond acceptors (Lipinski definition) is 4. The molecule has 1 aromatic carbocycles. The molecular formula is C14H14BrN3O2. The van der Waals surface area contributed by atoms with Crippen LogP contribution >= 0.6 is 15.9 Å². The average molecular weight is 336 g/mol. The average Bonchev–Trinajstić information content (AvgIpc) is 2.41. The van der Waals surface area contributed by atoms with Gasteiger partial charge in [0.15, 0.2) is 6.61 Å². The van der Waals surface area contributed by atoms with Gasteiger partial charge in [-0.2, -0.15) is 0 Å². The van der Waals surface area contributed by atoms with E-state index in [1.807, 2.05) is 13.0 Å². The highest BCUT2D eigenvalue weighted by molar-refractivity contribution is 9.10. The molecule has 3 N–H and O–H groups in total. The van der Waals surface area contributed by atoms with Gasteiger partial charge in [-0.1, -0.05) is 0 Å². The lowest BCUT2D eigenvalue weighted by Gasteiger charge is -2.09. The smallest absolute Gasteiger partial charge is 0.263 e. The van der Waals surface area contributed by atoms with Crippen molar-refractivity contribution in [3.8, 4) is 5.75 Å². The molecule has 0 fully saturated rings. The predicted molar refractivity (Wildman–Crippen MR) is 81.7 cm³/mol. The minimum Gasteiger partial charge on any atom is -0.484 e. The fourth-order valence-electron chi connectivity index (χ4n) is 1.55. The molecule has 2 aromatic rings. The Morgan fingerprint density at radius 2 is 2.10 bits per heavy atom. The summed E-state index contributed by atoms with van der Waals surface area (Å²) in [5.74, 6) is 0.855. The van der Waals surface area contributed by atoms with Crippen molar-refractivity contribution in [1.82, 2.24) is 4.98 Å². The lowest BCUT2D eigenvalue weighted by atomic mass is 10.3. The summed E-state index contributed by atoms with van der Waals surface area (Å²) in [6, 6.07) is 8.74. The Morgan fingerprint density at radius 3 is 2.75 bits per heavy atom. The van der Waals surface area contributed by atoms with Crippen LogP contribution in [0.3, 0.4) is 0 Å². The van der Waals surface area contributed by atoms with E-state index in [0.717, 1.165) is 10.0 Å². The molecule has 104 valence electrons. The second-order valence-corrected chi connectivity index (χ2v) is 5.14. The number of hydrogen-bond donors (Lipinski definition) is 2. The van der Waals surface area contributed by atoms with Crippen LogP contribution in [0, 0.1) is 6.92 Å². The van der Waals surface area contributed by atoms with Crippen LogP contribution in [0.5, 0.6) is 5.75 Å². The first-order chi connectivity index (χ1) is 9.54. The second kappa shape index (κ2) is 6.38. The molecule has 1 heterocycles. The van der Waals surface area contributed by atoms with Crippen molar-refractivity contribution in [1.29, 1.82) is 0 Å². The third-order valence-corrected chi connectivity index (χ3v) is 2.99. The molecule has 0 spiro atoms. The molecule has 0 saturated carbocycles. The third kappa shape index (κ3) is 3.96. The Balaban J connectivity index is 1.90. The molecule has 6 heteroatoms.